The zero-order chi connectivity index (χ0) is 13.2. The molecule has 1 saturated heterocycles. The number of nitrogens with one attached hydrogen (secondary N) is 1. The Balaban J connectivity index is 1.74. The highest BCUT2D eigenvalue weighted by Gasteiger charge is 2.23. The van der Waals surface area contributed by atoms with Gasteiger partial charge in [-0.05, 0) is 18.7 Å². The molecule has 0 unspecified atom stereocenters. The highest BCUT2D eigenvalue weighted by atomic mass is 16.2. The van der Waals surface area contributed by atoms with Gasteiger partial charge in [0.25, 0.3) is 0 Å². The molecular weight excluding hydrogens is 242 g/mol. The molecule has 6 nitrogen and oxygen atoms in total. The summed E-state index contributed by atoms with van der Waals surface area (Å²) < 4.78 is 3.14. The van der Waals surface area contributed by atoms with Crippen molar-refractivity contribution in [3.8, 4) is 0 Å². The summed E-state index contributed by atoms with van der Waals surface area (Å²) in [5, 5.41) is 7.62. The number of pyridine rings is 1. The van der Waals surface area contributed by atoms with E-state index in [1.54, 1.807) is 15.3 Å². The van der Waals surface area contributed by atoms with Crippen LogP contribution in [0.2, 0.25) is 0 Å². The fourth-order valence-electron chi connectivity index (χ4n) is 2.47. The summed E-state index contributed by atoms with van der Waals surface area (Å²) in [6, 6.07) is 6.20. The predicted molar refractivity (Wildman–Crippen MR) is 73.4 cm³/mol. The fourth-order valence-corrected chi connectivity index (χ4v) is 2.47. The van der Waals surface area contributed by atoms with Crippen LogP contribution in [0.4, 0.5) is 0 Å². The van der Waals surface area contributed by atoms with Gasteiger partial charge in [-0.2, -0.15) is 0 Å². The quantitative estimate of drug-likeness (QED) is 0.809. The van der Waals surface area contributed by atoms with Crippen LogP contribution in [0.5, 0.6) is 0 Å². The number of rotatable bonds is 5. The first-order valence-corrected chi connectivity index (χ1v) is 6.78. The second-order valence-electron chi connectivity index (χ2n) is 4.88. The van der Waals surface area contributed by atoms with Gasteiger partial charge < -0.3 is 5.32 Å². The van der Waals surface area contributed by atoms with Gasteiger partial charge in [-0.15, -0.1) is 5.10 Å². The number of aromatic nitrogens is 3. The van der Waals surface area contributed by atoms with Crippen molar-refractivity contribution in [2.75, 3.05) is 26.2 Å². The van der Waals surface area contributed by atoms with Crippen molar-refractivity contribution in [1.82, 2.24) is 24.4 Å². The highest BCUT2D eigenvalue weighted by molar-refractivity contribution is 5.35. The molecule has 2 aromatic rings. The second-order valence-corrected chi connectivity index (χ2v) is 4.88. The minimum absolute atomic E-state index is 0.0570. The Morgan fingerprint density at radius 3 is 2.95 bits per heavy atom. The molecule has 0 amide bonds. The van der Waals surface area contributed by atoms with Crippen LogP contribution >= 0.6 is 0 Å². The lowest BCUT2D eigenvalue weighted by atomic mass is 10.1. The zero-order valence-electron chi connectivity index (χ0n) is 11.1. The van der Waals surface area contributed by atoms with E-state index >= 15 is 0 Å². The largest absolute Gasteiger partial charge is 0.350 e. The Kier molecular flexibility index (Phi) is 3.35. The monoisotopic (exact) mass is 261 g/mol. The van der Waals surface area contributed by atoms with Crippen LogP contribution in [-0.4, -0.2) is 51.3 Å². The summed E-state index contributed by atoms with van der Waals surface area (Å²) in [5.74, 6) is 0. The van der Waals surface area contributed by atoms with E-state index in [1.165, 1.54) is 0 Å². The predicted octanol–water partition coefficient (Wildman–Crippen LogP) is -0.210. The second kappa shape index (κ2) is 5.14. The molecule has 102 valence electrons. The standard InChI is InChI=1S/C13H19N5O/c1-2-16(11-9-14-10-11)7-8-18-13(19)17-6-4-3-5-12(17)15-18/h3-6,11,14H,2,7-10H2,1H3. The Bertz CT molecular complexity index is 613. The van der Waals surface area contributed by atoms with Crippen molar-refractivity contribution >= 4 is 5.65 Å². The van der Waals surface area contributed by atoms with Gasteiger partial charge in [0.1, 0.15) is 0 Å². The molecular formula is C13H19N5O. The Morgan fingerprint density at radius 2 is 2.32 bits per heavy atom. The molecule has 0 atom stereocenters. The molecule has 3 rings (SSSR count). The lowest BCUT2D eigenvalue weighted by Gasteiger charge is -2.37. The molecule has 1 fully saturated rings. The maximum atomic E-state index is 12.1. The Hall–Kier alpha value is -1.66. The van der Waals surface area contributed by atoms with E-state index in [2.05, 4.69) is 22.2 Å². The molecule has 0 saturated carbocycles. The van der Waals surface area contributed by atoms with Crippen LogP contribution < -0.4 is 11.0 Å². The van der Waals surface area contributed by atoms with Crippen LogP contribution in [0.15, 0.2) is 29.2 Å². The van der Waals surface area contributed by atoms with Crippen molar-refractivity contribution in [2.45, 2.75) is 19.5 Å². The van der Waals surface area contributed by atoms with Crippen molar-refractivity contribution in [3.63, 3.8) is 0 Å². The van der Waals surface area contributed by atoms with Crippen LogP contribution in [0, 0.1) is 0 Å². The maximum absolute atomic E-state index is 12.1. The summed E-state index contributed by atoms with van der Waals surface area (Å²) in [5.41, 5.74) is 0.652. The van der Waals surface area contributed by atoms with Gasteiger partial charge in [-0.1, -0.05) is 13.0 Å². The van der Waals surface area contributed by atoms with Crippen molar-refractivity contribution in [1.29, 1.82) is 0 Å². The summed E-state index contributed by atoms with van der Waals surface area (Å²) in [7, 11) is 0. The molecule has 0 aromatic carbocycles. The molecule has 3 heterocycles. The minimum atomic E-state index is -0.0570. The van der Waals surface area contributed by atoms with Crippen molar-refractivity contribution < 1.29 is 0 Å². The molecule has 1 aliphatic rings. The molecule has 0 aliphatic carbocycles. The van der Waals surface area contributed by atoms with Gasteiger partial charge in [-0.25, -0.2) is 9.48 Å². The summed E-state index contributed by atoms with van der Waals surface area (Å²) >= 11 is 0. The Morgan fingerprint density at radius 1 is 1.47 bits per heavy atom. The molecule has 0 spiro atoms. The van der Waals surface area contributed by atoms with E-state index in [9.17, 15) is 4.79 Å². The number of hydrogen-bond acceptors (Lipinski definition) is 4. The number of nitrogens with zero attached hydrogens (tertiary/aromatic N) is 4. The van der Waals surface area contributed by atoms with E-state index in [-0.39, 0.29) is 5.69 Å². The smallest absolute Gasteiger partial charge is 0.314 e. The molecule has 2 aromatic heterocycles. The zero-order valence-corrected chi connectivity index (χ0v) is 11.1. The maximum Gasteiger partial charge on any atom is 0.350 e. The Labute approximate surface area is 111 Å². The molecule has 1 N–H and O–H groups in total. The van der Waals surface area contributed by atoms with E-state index in [1.807, 2.05) is 18.2 Å². The summed E-state index contributed by atoms with van der Waals surface area (Å²) in [4.78, 5) is 14.5. The van der Waals surface area contributed by atoms with Gasteiger partial charge in [0.05, 0.1) is 6.54 Å². The van der Waals surface area contributed by atoms with E-state index < -0.39 is 0 Å². The number of hydrogen-bond donors (Lipinski definition) is 1. The number of fused-ring (bicyclic) bond motifs is 1. The molecule has 0 radical (unpaired) electrons. The van der Waals surface area contributed by atoms with Gasteiger partial charge in [0.2, 0.25) is 0 Å². The minimum Gasteiger partial charge on any atom is -0.314 e. The first-order valence-electron chi connectivity index (χ1n) is 6.78. The van der Waals surface area contributed by atoms with Gasteiger partial charge >= 0.3 is 5.69 Å². The van der Waals surface area contributed by atoms with Crippen LogP contribution in [-0.2, 0) is 6.54 Å². The summed E-state index contributed by atoms with van der Waals surface area (Å²) in [6.45, 7) is 6.78. The van der Waals surface area contributed by atoms with Crippen molar-refractivity contribution in [2.24, 2.45) is 0 Å². The van der Waals surface area contributed by atoms with E-state index in [0.717, 1.165) is 26.2 Å². The van der Waals surface area contributed by atoms with Crippen LogP contribution in [0.1, 0.15) is 6.92 Å². The van der Waals surface area contributed by atoms with Gasteiger partial charge in [-0.3, -0.25) is 9.30 Å². The third-order valence-corrected chi connectivity index (χ3v) is 3.77. The number of likely N-dealkylation sites (N-methyl/N-ethyl adjacent to an activating group) is 1. The first-order chi connectivity index (χ1) is 9.29. The summed E-state index contributed by atoms with van der Waals surface area (Å²) in [6.07, 6.45) is 1.76. The average Bonchev–Trinajstić information content (AvgIpc) is 2.70. The molecule has 6 heteroatoms. The average molecular weight is 261 g/mol. The van der Waals surface area contributed by atoms with E-state index in [4.69, 9.17) is 0 Å². The first kappa shape index (κ1) is 12.4. The van der Waals surface area contributed by atoms with Gasteiger partial charge in [0.15, 0.2) is 5.65 Å². The van der Waals surface area contributed by atoms with Crippen LogP contribution in [0.25, 0.3) is 5.65 Å². The topological polar surface area (TPSA) is 54.6 Å². The molecule has 0 bridgehead atoms. The normalized spacial score (nSPS) is 16.1. The molecule has 19 heavy (non-hydrogen) atoms. The van der Waals surface area contributed by atoms with Gasteiger partial charge in [0, 0.05) is 31.9 Å². The van der Waals surface area contributed by atoms with E-state index in [0.29, 0.717) is 18.2 Å². The lowest BCUT2D eigenvalue weighted by Crippen LogP contribution is -2.57. The third-order valence-electron chi connectivity index (χ3n) is 3.77. The van der Waals surface area contributed by atoms with Crippen LogP contribution in [0.3, 0.4) is 0 Å². The molecule has 1 aliphatic heterocycles. The highest BCUT2D eigenvalue weighted by Crippen LogP contribution is 2.04. The SMILES string of the molecule is CCN(CCn1nc2ccccn2c1=O)C1CNC1. The third kappa shape index (κ3) is 2.29. The fraction of sp³-hybridized carbons (Fsp3) is 0.538. The van der Waals surface area contributed by atoms with Crippen molar-refractivity contribution in [3.05, 3.63) is 34.9 Å². The lowest BCUT2D eigenvalue weighted by molar-refractivity contribution is 0.145.